The molecule has 0 aliphatic heterocycles. The number of hydrogen-bond donors (Lipinski definition) is 0. The van der Waals surface area contributed by atoms with Crippen molar-refractivity contribution in [2.24, 2.45) is 0 Å². The van der Waals surface area contributed by atoms with Crippen LogP contribution in [0.3, 0.4) is 0 Å². The van der Waals surface area contributed by atoms with Gasteiger partial charge >= 0.3 is 37.1 Å². The van der Waals surface area contributed by atoms with Crippen LogP contribution in [0, 0.1) is 0 Å². The van der Waals surface area contributed by atoms with Crippen molar-refractivity contribution in [2.75, 3.05) is 0 Å². The van der Waals surface area contributed by atoms with Gasteiger partial charge in [-0.05, 0) is 54.6 Å². The molecule has 0 saturated carbocycles. The Hall–Kier alpha value is -3.37. The summed E-state index contributed by atoms with van der Waals surface area (Å²) < 4.78 is 259. The first-order valence-corrected chi connectivity index (χ1v) is 12.7. The molecule has 0 heterocycles. The molecule has 44 heavy (non-hydrogen) atoms. The minimum absolute atomic E-state index is 0.489. The highest BCUT2D eigenvalue weighted by Crippen LogP contribution is 2.49. The summed E-state index contributed by atoms with van der Waals surface area (Å²) in [5, 5.41) is -5.92. The molecule has 3 aromatic carbocycles. The summed E-state index contributed by atoms with van der Waals surface area (Å²) in [4.78, 5) is 0. The van der Waals surface area contributed by atoms with Crippen molar-refractivity contribution in [3.63, 3.8) is 0 Å². The van der Waals surface area contributed by atoms with Crippen LogP contribution in [0.4, 0.5) is 79.0 Å². The molecule has 0 aliphatic carbocycles. The maximum atomic E-state index is 14.5. The summed E-state index contributed by atoms with van der Waals surface area (Å²) in [6, 6.07) is -4.83. The van der Waals surface area contributed by atoms with E-state index in [9.17, 15) is 83.6 Å². The van der Waals surface area contributed by atoms with E-state index in [-0.39, 0.29) is 0 Å². The molecule has 0 aromatic heterocycles. The predicted octanol–water partition coefficient (Wildman–Crippen LogP) is 9.44. The molecule has 0 saturated heterocycles. The van der Waals surface area contributed by atoms with Crippen molar-refractivity contribution >= 4 is 23.1 Å². The molecule has 0 bridgehead atoms. The van der Waals surface area contributed by atoms with Gasteiger partial charge in [0.05, 0.1) is 33.4 Å². The van der Waals surface area contributed by atoms with E-state index in [1.807, 2.05) is 0 Å². The second-order valence-corrected chi connectivity index (χ2v) is 11.7. The number of rotatable bonds is 3. The second kappa shape index (κ2) is 10.6. The van der Waals surface area contributed by atoms with E-state index in [1.54, 1.807) is 0 Å². The van der Waals surface area contributed by atoms with Crippen molar-refractivity contribution in [1.82, 2.24) is 0 Å². The van der Waals surface area contributed by atoms with Crippen LogP contribution in [0.5, 0.6) is 0 Å². The highest BCUT2D eigenvalue weighted by atomic mass is 31.2. The fourth-order valence-corrected chi connectivity index (χ4v) is 6.63. The van der Waals surface area contributed by atoms with E-state index < -0.39 is 148 Å². The first-order valence-electron chi connectivity index (χ1n) is 11.0. The summed E-state index contributed by atoms with van der Waals surface area (Å²) in [6.45, 7) is 0. The van der Waals surface area contributed by atoms with Gasteiger partial charge in [0, 0.05) is 15.9 Å². The number of hydrogen-bond acceptors (Lipinski definition) is 1. The smallest absolute Gasteiger partial charge is 0.309 e. The molecule has 3 aromatic rings. The van der Waals surface area contributed by atoms with Crippen molar-refractivity contribution < 1.29 is 83.6 Å². The lowest BCUT2D eigenvalue weighted by atomic mass is 10.1. The predicted molar refractivity (Wildman–Crippen MR) is 116 cm³/mol. The first-order chi connectivity index (χ1) is 19.4. The van der Waals surface area contributed by atoms with E-state index in [1.165, 1.54) is 0 Å². The highest BCUT2D eigenvalue weighted by molar-refractivity contribution is 7.85. The summed E-state index contributed by atoms with van der Waals surface area (Å²) in [5.74, 6) is 0. The zero-order chi connectivity index (χ0) is 34.1. The van der Waals surface area contributed by atoms with E-state index in [0.29, 0.717) is 0 Å². The molecule has 0 fully saturated rings. The first kappa shape index (κ1) is 35.1. The van der Waals surface area contributed by atoms with Crippen LogP contribution < -0.4 is 15.9 Å². The van der Waals surface area contributed by atoms with Crippen molar-refractivity contribution in [1.29, 1.82) is 0 Å². The van der Waals surface area contributed by atoms with E-state index in [2.05, 4.69) is 0 Å². The quantitative estimate of drug-likeness (QED) is 0.198. The van der Waals surface area contributed by atoms with Crippen molar-refractivity contribution in [3.05, 3.63) is 88.0 Å². The Balaban J connectivity index is 2.69. The van der Waals surface area contributed by atoms with Crippen LogP contribution in [0.2, 0.25) is 0 Å². The monoisotopic (exact) mass is 686 g/mol. The minimum Gasteiger partial charge on any atom is -0.309 e. The van der Waals surface area contributed by atoms with Crippen LogP contribution in [-0.4, -0.2) is 0 Å². The molecule has 0 N–H and O–H groups in total. The third-order valence-corrected chi connectivity index (χ3v) is 8.76. The Morgan fingerprint density at radius 1 is 0.295 bits per heavy atom. The standard InChI is InChI=1S/C24H9F18OP/c25-19(26,27)10-1-11(20(28,29)30)5-16(4-10)44(43,17-6-12(21(31,32)33)2-13(7-17)22(34,35)36)18-8-14(23(37,38)39)3-15(9-18)24(40,41)42/h1-9H. The van der Waals surface area contributed by atoms with Gasteiger partial charge in [0.25, 0.3) is 0 Å². The Labute approximate surface area is 232 Å². The SMILES string of the molecule is O=P(c1cc(C(F)(F)F)cc(C(F)(F)F)c1)(c1cc(C(F)(F)F)cc(C(F)(F)F)c1)c1cc(C(F)(F)F)cc(C(F)(F)F)c1. The Morgan fingerprint density at radius 2 is 0.432 bits per heavy atom. The van der Waals surface area contributed by atoms with Crippen LogP contribution in [0.15, 0.2) is 54.6 Å². The van der Waals surface area contributed by atoms with Gasteiger partial charge in [-0.3, -0.25) is 0 Å². The molecule has 0 atom stereocenters. The van der Waals surface area contributed by atoms with Gasteiger partial charge in [0.1, 0.15) is 0 Å². The molecule has 3 rings (SSSR count). The van der Waals surface area contributed by atoms with Gasteiger partial charge < -0.3 is 4.57 Å². The molecular weight excluding hydrogens is 677 g/mol. The minimum atomic E-state index is -6.36. The Kier molecular flexibility index (Phi) is 8.47. The summed E-state index contributed by atoms with van der Waals surface area (Å²) in [5.41, 5.74) is -14.3. The van der Waals surface area contributed by atoms with Crippen LogP contribution in [0.1, 0.15) is 33.4 Å². The fraction of sp³-hybridized carbons (Fsp3) is 0.250. The summed E-state index contributed by atoms with van der Waals surface area (Å²) in [7, 11) is -6.36. The van der Waals surface area contributed by atoms with E-state index in [0.717, 1.165) is 0 Å². The van der Waals surface area contributed by atoms with Crippen LogP contribution in [0.25, 0.3) is 0 Å². The van der Waals surface area contributed by atoms with Gasteiger partial charge in [0.2, 0.25) is 0 Å². The Morgan fingerprint density at radius 3 is 0.545 bits per heavy atom. The average molecular weight is 686 g/mol. The molecule has 0 amide bonds. The molecule has 0 unspecified atom stereocenters. The lowest BCUT2D eigenvalue weighted by Gasteiger charge is -2.26. The summed E-state index contributed by atoms with van der Waals surface area (Å²) in [6.07, 6.45) is -34.9. The van der Waals surface area contributed by atoms with E-state index in [4.69, 9.17) is 0 Å². The molecule has 1 nitrogen and oxygen atoms in total. The molecule has 242 valence electrons. The Bertz CT molecular complexity index is 1310. The van der Waals surface area contributed by atoms with E-state index >= 15 is 0 Å². The highest BCUT2D eigenvalue weighted by Gasteiger charge is 2.45. The zero-order valence-corrected chi connectivity index (χ0v) is 21.2. The molecular formula is C24H9F18OP. The normalized spacial score (nSPS) is 14.2. The molecule has 0 aliphatic rings. The summed E-state index contributed by atoms with van der Waals surface area (Å²) >= 11 is 0. The van der Waals surface area contributed by atoms with Crippen molar-refractivity contribution in [2.45, 2.75) is 37.1 Å². The van der Waals surface area contributed by atoms with Gasteiger partial charge in [-0.25, -0.2) is 0 Å². The van der Waals surface area contributed by atoms with Crippen molar-refractivity contribution in [3.8, 4) is 0 Å². The molecule has 20 heteroatoms. The van der Waals surface area contributed by atoms with Gasteiger partial charge in [0.15, 0.2) is 7.14 Å². The molecule has 0 spiro atoms. The van der Waals surface area contributed by atoms with Gasteiger partial charge in [-0.2, -0.15) is 79.0 Å². The third-order valence-electron chi connectivity index (χ3n) is 5.81. The maximum absolute atomic E-state index is 14.5. The zero-order valence-electron chi connectivity index (χ0n) is 20.4. The lowest BCUT2D eigenvalue weighted by Crippen LogP contribution is -2.30. The molecule has 0 radical (unpaired) electrons. The lowest BCUT2D eigenvalue weighted by molar-refractivity contribution is -0.144. The largest absolute Gasteiger partial charge is 0.416 e. The van der Waals surface area contributed by atoms with Crippen LogP contribution in [-0.2, 0) is 41.6 Å². The number of alkyl halides is 18. The fourth-order valence-electron chi connectivity index (χ4n) is 3.81. The van der Waals surface area contributed by atoms with Crippen LogP contribution >= 0.6 is 7.14 Å². The maximum Gasteiger partial charge on any atom is 0.416 e. The third kappa shape index (κ3) is 7.29. The second-order valence-electron chi connectivity index (χ2n) is 8.90. The number of benzene rings is 3. The topological polar surface area (TPSA) is 17.1 Å². The average Bonchev–Trinajstić information content (AvgIpc) is 2.84. The number of halogens is 18. The van der Waals surface area contributed by atoms with Gasteiger partial charge in [-0.15, -0.1) is 0 Å². The van der Waals surface area contributed by atoms with Gasteiger partial charge in [-0.1, -0.05) is 0 Å².